The van der Waals surface area contributed by atoms with Crippen LogP contribution in [0.4, 0.5) is 0 Å². The summed E-state index contributed by atoms with van der Waals surface area (Å²) in [4.78, 5) is 11.5. The van der Waals surface area contributed by atoms with E-state index in [1.165, 1.54) is 7.11 Å². The van der Waals surface area contributed by atoms with E-state index in [2.05, 4.69) is 0 Å². The lowest BCUT2D eigenvalue weighted by atomic mass is 9.95. The molecule has 1 rings (SSSR count). The van der Waals surface area contributed by atoms with Gasteiger partial charge in [-0.15, -0.1) is 0 Å². The largest absolute Gasteiger partial charge is 0.492 e. The van der Waals surface area contributed by atoms with Crippen LogP contribution in [0.2, 0.25) is 5.02 Å². The molecule has 4 heteroatoms. The summed E-state index contributed by atoms with van der Waals surface area (Å²) in [5, 5.41) is 0.733. The molecule has 100 valence electrons. The topological polar surface area (TPSA) is 35.5 Å². The van der Waals surface area contributed by atoms with E-state index < -0.39 is 5.41 Å². The second-order valence-electron chi connectivity index (χ2n) is 4.77. The molecule has 0 bridgehead atoms. The van der Waals surface area contributed by atoms with Gasteiger partial charge in [-0.05, 0) is 44.0 Å². The Morgan fingerprint density at radius 3 is 2.61 bits per heavy atom. The zero-order chi connectivity index (χ0) is 13.8. The first kappa shape index (κ1) is 14.8. The second kappa shape index (κ2) is 6.10. The molecule has 0 amide bonds. The number of benzene rings is 1. The first-order valence-electron chi connectivity index (χ1n) is 5.90. The molecule has 0 atom stereocenters. The highest BCUT2D eigenvalue weighted by atomic mass is 35.5. The van der Waals surface area contributed by atoms with E-state index >= 15 is 0 Å². The lowest BCUT2D eigenvalue weighted by molar-refractivity contribution is -0.152. The SMILES string of the molecule is CCc1cc(OCC(C)(C)C(=O)OC)ccc1Cl. The van der Waals surface area contributed by atoms with Gasteiger partial charge in [0.15, 0.2) is 0 Å². The molecular weight excluding hydrogens is 252 g/mol. The molecule has 0 spiro atoms. The fourth-order valence-corrected chi connectivity index (χ4v) is 1.76. The molecule has 0 unspecified atom stereocenters. The molecule has 0 saturated heterocycles. The van der Waals surface area contributed by atoms with Crippen LogP contribution in [0.1, 0.15) is 26.3 Å². The van der Waals surface area contributed by atoms with Gasteiger partial charge in [-0.25, -0.2) is 0 Å². The zero-order valence-corrected chi connectivity index (χ0v) is 12.0. The summed E-state index contributed by atoms with van der Waals surface area (Å²) in [6.07, 6.45) is 0.844. The fraction of sp³-hybridized carbons (Fsp3) is 0.500. The number of carbonyl (C=O) groups excluding carboxylic acids is 1. The molecular formula is C14H19ClO3. The van der Waals surface area contributed by atoms with Crippen LogP contribution >= 0.6 is 11.6 Å². The Bertz CT molecular complexity index is 427. The van der Waals surface area contributed by atoms with Crippen molar-refractivity contribution < 1.29 is 14.3 Å². The van der Waals surface area contributed by atoms with Gasteiger partial charge in [0.25, 0.3) is 0 Å². The number of carbonyl (C=O) groups is 1. The average Bonchev–Trinajstić information content (AvgIpc) is 2.36. The van der Waals surface area contributed by atoms with Gasteiger partial charge < -0.3 is 9.47 Å². The van der Waals surface area contributed by atoms with Crippen LogP contribution in [-0.4, -0.2) is 19.7 Å². The minimum Gasteiger partial charge on any atom is -0.492 e. The molecule has 1 aromatic carbocycles. The Morgan fingerprint density at radius 2 is 2.06 bits per heavy atom. The fourth-order valence-electron chi connectivity index (χ4n) is 1.51. The molecule has 0 aliphatic carbocycles. The first-order valence-corrected chi connectivity index (χ1v) is 6.28. The number of hydrogen-bond acceptors (Lipinski definition) is 3. The van der Waals surface area contributed by atoms with Gasteiger partial charge in [-0.3, -0.25) is 4.79 Å². The molecule has 0 aliphatic heterocycles. The van der Waals surface area contributed by atoms with E-state index in [1.54, 1.807) is 26.0 Å². The molecule has 0 aromatic heterocycles. The van der Waals surface area contributed by atoms with E-state index in [4.69, 9.17) is 21.1 Å². The van der Waals surface area contributed by atoms with Gasteiger partial charge >= 0.3 is 5.97 Å². The van der Waals surface area contributed by atoms with Crippen molar-refractivity contribution in [3.8, 4) is 5.75 Å². The molecule has 0 radical (unpaired) electrons. The molecule has 0 saturated carbocycles. The monoisotopic (exact) mass is 270 g/mol. The van der Waals surface area contributed by atoms with Crippen LogP contribution in [0.3, 0.4) is 0 Å². The quantitative estimate of drug-likeness (QED) is 0.769. The summed E-state index contributed by atoms with van der Waals surface area (Å²) >= 11 is 6.03. The van der Waals surface area contributed by atoms with Gasteiger partial charge in [-0.1, -0.05) is 18.5 Å². The van der Waals surface area contributed by atoms with Crippen molar-refractivity contribution in [2.75, 3.05) is 13.7 Å². The van der Waals surface area contributed by atoms with Crippen LogP contribution in [0.25, 0.3) is 0 Å². The molecule has 0 fully saturated rings. The van der Waals surface area contributed by atoms with Crippen molar-refractivity contribution in [3.63, 3.8) is 0 Å². The standard InChI is InChI=1S/C14H19ClO3/c1-5-10-8-11(6-7-12(10)15)18-9-14(2,3)13(16)17-4/h6-8H,5,9H2,1-4H3. The Morgan fingerprint density at radius 1 is 1.39 bits per heavy atom. The smallest absolute Gasteiger partial charge is 0.314 e. The van der Waals surface area contributed by atoms with E-state index in [9.17, 15) is 4.79 Å². The summed E-state index contributed by atoms with van der Waals surface area (Å²) in [7, 11) is 1.38. The van der Waals surface area contributed by atoms with Crippen LogP contribution in [-0.2, 0) is 16.0 Å². The zero-order valence-electron chi connectivity index (χ0n) is 11.2. The van der Waals surface area contributed by atoms with Gasteiger partial charge in [0.2, 0.25) is 0 Å². The predicted octanol–water partition coefficient (Wildman–Crippen LogP) is 3.48. The minimum atomic E-state index is -0.666. The van der Waals surface area contributed by atoms with E-state index in [0.29, 0.717) is 5.75 Å². The summed E-state index contributed by atoms with van der Waals surface area (Å²) < 4.78 is 10.4. The van der Waals surface area contributed by atoms with E-state index in [-0.39, 0.29) is 12.6 Å². The molecule has 0 heterocycles. The Hall–Kier alpha value is -1.22. The number of rotatable bonds is 5. The third kappa shape index (κ3) is 3.64. The van der Waals surface area contributed by atoms with Crippen LogP contribution in [0.15, 0.2) is 18.2 Å². The molecule has 18 heavy (non-hydrogen) atoms. The van der Waals surface area contributed by atoms with Gasteiger partial charge in [-0.2, -0.15) is 0 Å². The van der Waals surface area contributed by atoms with Gasteiger partial charge in [0.05, 0.1) is 12.5 Å². The number of aryl methyl sites for hydroxylation is 1. The van der Waals surface area contributed by atoms with Gasteiger partial charge in [0, 0.05) is 5.02 Å². The predicted molar refractivity (Wildman–Crippen MR) is 72.1 cm³/mol. The summed E-state index contributed by atoms with van der Waals surface area (Å²) in [5.74, 6) is 0.431. The number of esters is 1. The van der Waals surface area contributed by atoms with Crippen molar-refractivity contribution in [2.45, 2.75) is 27.2 Å². The maximum absolute atomic E-state index is 11.5. The maximum Gasteiger partial charge on any atom is 0.314 e. The van der Waals surface area contributed by atoms with E-state index in [0.717, 1.165) is 17.0 Å². The summed E-state index contributed by atoms with van der Waals surface area (Å²) in [5.41, 5.74) is 0.367. The third-order valence-electron chi connectivity index (χ3n) is 2.74. The van der Waals surface area contributed by atoms with Crippen molar-refractivity contribution in [3.05, 3.63) is 28.8 Å². The number of halogens is 1. The van der Waals surface area contributed by atoms with Crippen molar-refractivity contribution in [1.82, 2.24) is 0 Å². The minimum absolute atomic E-state index is 0.268. The number of hydrogen-bond donors (Lipinski definition) is 0. The Kier molecular flexibility index (Phi) is 5.03. The van der Waals surface area contributed by atoms with E-state index in [1.807, 2.05) is 13.0 Å². The van der Waals surface area contributed by atoms with Gasteiger partial charge in [0.1, 0.15) is 12.4 Å². The van der Waals surface area contributed by atoms with Crippen LogP contribution < -0.4 is 4.74 Å². The molecule has 0 aliphatic rings. The summed E-state index contributed by atoms with van der Waals surface area (Å²) in [6.45, 7) is 5.87. The van der Waals surface area contributed by atoms with Crippen molar-refractivity contribution in [1.29, 1.82) is 0 Å². The molecule has 3 nitrogen and oxygen atoms in total. The first-order chi connectivity index (χ1) is 8.40. The highest BCUT2D eigenvalue weighted by molar-refractivity contribution is 6.31. The Balaban J connectivity index is 2.72. The second-order valence-corrected chi connectivity index (χ2v) is 5.18. The highest BCUT2D eigenvalue weighted by Crippen LogP contribution is 2.25. The normalized spacial score (nSPS) is 11.2. The van der Waals surface area contributed by atoms with Crippen molar-refractivity contribution in [2.24, 2.45) is 5.41 Å². The van der Waals surface area contributed by atoms with Crippen LogP contribution in [0.5, 0.6) is 5.75 Å². The number of methoxy groups -OCH3 is 1. The maximum atomic E-state index is 11.5. The highest BCUT2D eigenvalue weighted by Gasteiger charge is 2.29. The number of ether oxygens (including phenoxy) is 2. The third-order valence-corrected chi connectivity index (χ3v) is 3.10. The average molecular weight is 271 g/mol. The summed E-state index contributed by atoms with van der Waals surface area (Å²) in [6, 6.07) is 5.51. The lowest BCUT2D eigenvalue weighted by Crippen LogP contribution is -2.32. The lowest BCUT2D eigenvalue weighted by Gasteiger charge is -2.21. The Labute approximate surface area is 113 Å². The van der Waals surface area contributed by atoms with Crippen molar-refractivity contribution >= 4 is 17.6 Å². The van der Waals surface area contributed by atoms with Crippen LogP contribution in [0, 0.1) is 5.41 Å². The molecule has 0 N–H and O–H groups in total. The molecule has 1 aromatic rings.